The molecule has 0 unspecified atom stereocenters. The van der Waals surface area contributed by atoms with Crippen molar-refractivity contribution in [2.24, 2.45) is 0 Å². The van der Waals surface area contributed by atoms with Gasteiger partial charge >= 0.3 is 0 Å². The molecule has 0 aliphatic heterocycles. The Hall–Kier alpha value is -0.351. The summed E-state index contributed by atoms with van der Waals surface area (Å²) in [4.78, 5) is -0.0116. The molecule has 0 spiro atoms. The maximum Gasteiger partial charge on any atom is 0.294 e. The Morgan fingerprint density at radius 3 is 2.15 bits per heavy atom. The Kier molecular flexibility index (Phi) is 4.13. The van der Waals surface area contributed by atoms with Gasteiger partial charge in [0.1, 0.15) is 0 Å². The summed E-state index contributed by atoms with van der Waals surface area (Å²) in [5.41, 5.74) is 1.45. The molecule has 1 aromatic carbocycles. The van der Waals surface area contributed by atoms with E-state index in [9.17, 15) is 8.42 Å². The normalized spacial score (nSPS) is 10.7. The molecular weight excluding hydrogens is 232 g/mol. The molecule has 0 heterocycles. The first-order chi connectivity index (χ1) is 5.43. The molecule has 1 N–H and O–H groups in total. The fourth-order valence-electron chi connectivity index (χ4n) is 1.00. The number of rotatable bonds is 1. The van der Waals surface area contributed by atoms with E-state index in [0.717, 1.165) is 5.56 Å². The summed E-state index contributed by atoms with van der Waals surface area (Å²) in [5, 5.41) is 0. The fourth-order valence-corrected chi connectivity index (χ4v) is 1.80. The van der Waals surface area contributed by atoms with Crippen molar-refractivity contribution in [3.63, 3.8) is 0 Å². The van der Waals surface area contributed by atoms with E-state index in [-0.39, 0.29) is 22.0 Å². The second kappa shape index (κ2) is 4.24. The SMILES string of the molecule is Cc1cccc(S(=O)(=O)O)c1C.[Fe]. The van der Waals surface area contributed by atoms with Gasteiger partial charge in [0.25, 0.3) is 10.1 Å². The summed E-state index contributed by atoms with van der Waals surface area (Å²) < 4.78 is 30.3. The maximum absolute atomic E-state index is 10.8. The van der Waals surface area contributed by atoms with Crippen LogP contribution in [0, 0.1) is 13.8 Å². The van der Waals surface area contributed by atoms with Crippen molar-refractivity contribution in [3.05, 3.63) is 29.3 Å². The van der Waals surface area contributed by atoms with E-state index in [1.165, 1.54) is 6.07 Å². The summed E-state index contributed by atoms with van der Waals surface area (Å²) in [7, 11) is -4.06. The van der Waals surface area contributed by atoms with Crippen molar-refractivity contribution >= 4 is 10.1 Å². The molecule has 74 valence electrons. The standard InChI is InChI=1S/C8H10O3S.Fe/c1-6-4-3-5-8(7(6)2)12(9,10)11;/h3-5H,1-2H3,(H,9,10,11);. The van der Waals surface area contributed by atoms with Gasteiger partial charge in [-0.25, -0.2) is 0 Å². The maximum atomic E-state index is 10.8. The molecule has 5 heteroatoms. The predicted octanol–water partition coefficient (Wildman–Crippen LogP) is 1.55. The van der Waals surface area contributed by atoms with Crippen molar-refractivity contribution in [3.8, 4) is 0 Å². The second-order valence-corrected chi connectivity index (χ2v) is 4.06. The molecule has 0 saturated heterocycles. The van der Waals surface area contributed by atoms with Gasteiger partial charge in [-0.3, -0.25) is 4.55 Å². The summed E-state index contributed by atoms with van der Waals surface area (Å²) in [5.74, 6) is 0. The van der Waals surface area contributed by atoms with Crippen LogP contribution in [0.15, 0.2) is 23.1 Å². The molecule has 0 saturated carbocycles. The van der Waals surface area contributed by atoms with Crippen LogP contribution in [-0.4, -0.2) is 13.0 Å². The summed E-state index contributed by atoms with van der Waals surface area (Å²) >= 11 is 0. The zero-order valence-electron chi connectivity index (χ0n) is 7.26. The molecule has 0 bridgehead atoms. The zero-order chi connectivity index (χ0) is 9.35. The van der Waals surface area contributed by atoms with Crippen molar-refractivity contribution in [1.82, 2.24) is 0 Å². The zero-order valence-corrected chi connectivity index (χ0v) is 9.18. The van der Waals surface area contributed by atoms with E-state index >= 15 is 0 Å². The minimum Gasteiger partial charge on any atom is -0.282 e. The summed E-state index contributed by atoms with van der Waals surface area (Å²) in [6, 6.07) is 4.78. The van der Waals surface area contributed by atoms with Crippen molar-refractivity contribution in [1.29, 1.82) is 0 Å². The van der Waals surface area contributed by atoms with Gasteiger partial charge in [-0.2, -0.15) is 8.42 Å². The molecular formula is C8H10FeO3S. The van der Waals surface area contributed by atoms with Gasteiger partial charge in [0, 0.05) is 17.1 Å². The van der Waals surface area contributed by atoms with E-state index in [4.69, 9.17) is 4.55 Å². The average Bonchev–Trinajstić information content (AvgIpc) is 1.92. The molecule has 0 fully saturated rings. The van der Waals surface area contributed by atoms with E-state index in [0.29, 0.717) is 5.56 Å². The molecule has 0 aromatic heterocycles. The molecule has 0 aliphatic carbocycles. The third kappa shape index (κ3) is 2.81. The quantitative estimate of drug-likeness (QED) is 0.600. The number of aryl methyl sites for hydroxylation is 1. The number of benzene rings is 1. The van der Waals surface area contributed by atoms with Gasteiger partial charge in [0.2, 0.25) is 0 Å². The number of hydrogen-bond acceptors (Lipinski definition) is 2. The van der Waals surface area contributed by atoms with Crippen LogP contribution in [0.2, 0.25) is 0 Å². The van der Waals surface area contributed by atoms with Gasteiger partial charge in [0.15, 0.2) is 0 Å². The minimum atomic E-state index is -4.06. The molecule has 13 heavy (non-hydrogen) atoms. The number of hydrogen-bond donors (Lipinski definition) is 1. The van der Waals surface area contributed by atoms with Gasteiger partial charge in [-0.15, -0.1) is 0 Å². The minimum absolute atomic E-state index is 0. The Morgan fingerprint density at radius 2 is 1.77 bits per heavy atom. The van der Waals surface area contributed by atoms with E-state index in [1.54, 1.807) is 26.0 Å². The second-order valence-electron chi connectivity index (χ2n) is 2.67. The Morgan fingerprint density at radius 1 is 1.23 bits per heavy atom. The van der Waals surface area contributed by atoms with Gasteiger partial charge < -0.3 is 0 Å². The molecule has 3 nitrogen and oxygen atoms in total. The van der Waals surface area contributed by atoms with Crippen molar-refractivity contribution < 1.29 is 30.0 Å². The molecule has 1 rings (SSSR count). The topological polar surface area (TPSA) is 54.4 Å². The van der Waals surface area contributed by atoms with Crippen LogP contribution in [0.25, 0.3) is 0 Å². The first-order valence-corrected chi connectivity index (χ1v) is 4.90. The molecule has 0 aliphatic rings. The van der Waals surface area contributed by atoms with Crippen molar-refractivity contribution in [2.75, 3.05) is 0 Å². The van der Waals surface area contributed by atoms with Crippen LogP contribution in [0.3, 0.4) is 0 Å². The van der Waals surface area contributed by atoms with E-state index in [2.05, 4.69) is 0 Å². The Labute approximate surface area is 88.4 Å². The van der Waals surface area contributed by atoms with Crippen LogP contribution in [0.5, 0.6) is 0 Å². The van der Waals surface area contributed by atoms with Gasteiger partial charge in [-0.1, -0.05) is 12.1 Å². The van der Waals surface area contributed by atoms with Gasteiger partial charge in [-0.05, 0) is 31.0 Å². The predicted molar refractivity (Wildman–Crippen MR) is 45.7 cm³/mol. The van der Waals surface area contributed by atoms with Crippen LogP contribution >= 0.6 is 0 Å². The van der Waals surface area contributed by atoms with Crippen LogP contribution in [-0.2, 0) is 27.2 Å². The largest absolute Gasteiger partial charge is 0.294 e. The summed E-state index contributed by atoms with van der Waals surface area (Å²) in [6.45, 7) is 3.46. The van der Waals surface area contributed by atoms with E-state index < -0.39 is 10.1 Å². The third-order valence-corrected chi connectivity index (χ3v) is 2.83. The Bertz CT molecular complexity index is 398. The van der Waals surface area contributed by atoms with Crippen molar-refractivity contribution in [2.45, 2.75) is 18.7 Å². The molecule has 0 atom stereocenters. The smallest absolute Gasteiger partial charge is 0.282 e. The van der Waals surface area contributed by atoms with Crippen LogP contribution < -0.4 is 0 Å². The molecule has 0 radical (unpaired) electrons. The van der Waals surface area contributed by atoms with E-state index in [1.807, 2.05) is 0 Å². The molecule has 1 aromatic rings. The monoisotopic (exact) mass is 242 g/mol. The average molecular weight is 242 g/mol. The third-order valence-electron chi connectivity index (χ3n) is 1.83. The fraction of sp³-hybridized carbons (Fsp3) is 0.250. The van der Waals surface area contributed by atoms with Gasteiger partial charge in [0.05, 0.1) is 4.90 Å². The van der Waals surface area contributed by atoms with Crippen LogP contribution in [0.1, 0.15) is 11.1 Å². The van der Waals surface area contributed by atoms with Crippen LogP contribution in [0.4, 0.5) is 0 Å². The first-order valence-electron chi connectivity index (χ1n) is 3.46. The summed E-state index contributed by atoms with van der Waals surface area (Å²) in [6.07, 6.45) is 0. The Balaban J connectivity index is 0.00000144. The molecule has 0 amide bonds. The first kappa shape index (κ1) is 12.6.